The average Bonchev–Trinajstić information content (AvgIpc) is 3.12. The lowest BCUT2D eigenvalue weighted by atomic mass is 10.2. The van der Waals surface area contributed by atoms with Gasteiger partial charge in [0.2, 0.25) is 15.9 Å². The number of imidazole rings is 1. The van der Waals surface area contributed by atoms with E-state index in [-0.39, 0.29) is 5.91 Å². The third-order valence-electron chi connectivity index (χ3n) is 3.94. The van der Waals surface area contributed by atoms with E-state index in [0.29, 0.717) is 24.6 Å². The predicted molar refractivity (Wildman–Crippen MR) is 104 cm³/mol. The van der Waals surface area contributed by atoms with Gasteiger partial charge in [-0.25, -0.2) is 13.4 Å². The highest BCUT2D eigenvalue weighted by atomic mass is 32.2. The van der Waals surface area contributed by atoms with E-state index in [1.54, 1.807) is 43.7 Å². The van der Waals surface area contributed by atoms with Gasteiger partial charge in [-0.3, -0.25) is 9.10 Å². The van der Waals surface area contributed by atoms with Gasteiger partial charge in [0.15, 0.2) is 0 Å². The van der Waals surface area contributed by atoms with Gasteiger partial charge in [0.1, 0.15) is 11.8 Å². The standard InChI is InChI=1S/C18H26N4O4S/c1-4-26-17-8-6-16(7-9-17)22(27(3,24)25)15(2)18(23)20-10-5-12-21-13-11-19-14-21/h6-9,11,13-15H,4-5,10,12H2,1-3H3,(H,20,23)/t15-/m1/s1. The highest BCUT2D eigenvalue weighted by Gasteiger charge is 2.28. The quantitative estimate of drug-likeness (QED) is 0.619. The van der Waals surface area contributed by atoms with Crippen molar-refractivity contribution in [1.82, 2.24) is 14.9 Å². The molecule has 0 radical (unpaired) electrons. The molecule has 8 nitrogen and oxygen atoms in total. The molecule has 0 aliphatic rings. The molecule has 1 amide bonds. The van der Waals surface area contributed by atoms with E-state index in [9.17, 15) is 13.2 Å². The molecule has 0 unspecified atom stereocenters. The summed E-state index contributed by atoms with van der Waals surface area (Å²) < 4.78 is 33.0. The van der Waals surface area contributed by atoms with Crippen molar-refractivity contribution in [3.8, 4) is 5.75 Å². The minimum atomic E-state index is -3.63. The van der Waals surface area contributed by atoms with Crippen LogP contribution in [-0.2, 0) is 21.4 Å². The predicted octanol–water partition coefficient (Wildman–Crippen LogP) is 1.64. The van der Waals surface area contributed by atoms with Gasteiger partial charge >= 0.3 is 0 Å². The minimum Gasteiger partial charge on any atom is -0.494 e. The van der Waals surface area contributed by atoms with Gasteiger partial charge in [-0.2, -0.15) is 0 Å². The Labute approximate surface area is 160 Å². The van der Waals surface area contributed by atoms with Crippen molar-refractivity contribution in [3.05, 3.63) is 43.0 Å². The molecule has 0 aliphatic carbocycles. The summed E-state index contributed by atoms with van der Waals surface area (Å²) in [5, 5.41) is 2.80. The van der Waals surface area contributed by atoms with E-state index in [1.807, 2.05) is 17.7 Å². The summed E-state index contributed by atoms with van der Waals surface area (Å²) in [5.74, 6) is 0.297. The van der Waals surface area contributed by atoms with Crippen molar-refractivity contribution in [2.24, 2.45) is 0 Å². The first-order valence-electron chi connectivity index (χ1n) is 8.78. The van der Waals surface area contributed by atoms with Crippen LogP contribution in [0.15, 0.2) is 43.0 Å². The van der Waals surface area contributed by atoms with Crippen molar-refractivity contribution >= 4 is 21.6 Å². The zero-order chi connectivity index (χ0) is 19.9. The second-order valence-corrected chi connectivity index (χ2v) is 7.97. The number of benzene rings is 1. The van der Waals surface area contributed by atoms with E-state index < -0.39 is 16.1 Å². The Bertz CT molecular complexity index is 820. The van der Waals surface area contributed by atoms with Crippen molar-refractivity contribution < 1.29 is 17.9 Å². The van der Waals surface area contributed by atoms with Gasteiger partial charge in [-0.1, -0.05) is 0 Å². The summed E-state index contributed by atoms with van der Waals surface area (Å²) in [6, 6.07) is 5.77. The number of hydrogen-bond donors (Lipinski definition) is 1. The fraction of sp³-hybridized carbons (Fsp3) is 0.444. The summed E-state index contributed by atoms with van der Waals surface area (Å²) in [6.45, 7) is 5.14. The van der Waals surface area contributed by atoms with E-state index >= 15 is 0 Å². The molecule has 9 heteroatoms. The third kappa shape index (κ3) is 5.99. The monoisotopic (exact) mass is 394 g/mol. The number of rotatable bonds is 10. The van der Waals surface area contributed by atoms with E-state index in [4.69, 9.17) is 4.74 Å². The van der Waals surface area contributed by atoms with Gasteiger partial charge in [-0.15, -0.1) is 0 Å². The fourth-order valence-corrected chi connectivity index (χ4v) is 3.88. The number of aryl methyl sites for hydroxylation is 1. The highest BCUT2D eigenvalue weighted by Crippen LogP contribution is 2.24. The Morgan fingerprint density at radius 2 is 2.04 bits per heavy atom. The van der Waals surface area contributed by atoms with Gasteiger partial charge in [0.25, 0.3) is 0 Å². The molecule has 27 heavy (non-hydrogen) atoms. The normalized spacial score (nSPS) is 12.4. The molecule has 0 saturated heterocycles. The topological polar surface area (TPSA) is 93.5 Å². The van der Waals surface area contributed by atoms with Crippen molar-refractivity contribution in [3.63, 3.8) is 0 Å². The van der Waals surface area contributed by atoms with Crippen LogP contribution < -0.4 is 14.4 Å². The largest absolute Gasteiger partial charge is 0.494 e. The molecule has 0 bridgehead atoms. The van der Waals surface area contributed by atoms with Crippen LogP contribution in [0.2, 0.25) is 0 Å². The number of aromatic nitrogens is 2. The van der Waals surface area contributed by atoms with E-state index in [1.165, 1.54) is 0 Å². The van der Waals surface area contributed by atoms with Crippen LogP contribution in [0, 0.1) is 0 Å². The number of nitrogens with one attached hydrogen (secondary N) is 1. The molecule has 0 saturated carbocycles. The minimum absolute atomic E-state index is 0.347. The average molecular weight is 394 g/mol. The first-order chi connectivity index (χ1) is 12.8. The summed E-state index contributed by atoms with van der Waals surface area (Å²) in [7, 11) is -3.63. The van der Waals surface area contributed by atoms with Gasteiger partial charge in [0, 0.05) is 25.5 Å². The van der Waals surface area contributed by atoms with Gasteiger partial charge < -0.3 is 14.6 Å². The van der Waals surface area contributed by atoms with Crippen molar-refractivity contribution in [2.75, 3.05) is 23.7 Å². The lowest BCUT2D eigenvalue weighted by molar-refractivity contribution is -0.121. The Balaban J connectivity index is 2.00. The van der Waals surface area contributed by atoms with Crippen molar-refractivity contribution in [2.45, 2.75) is 32.9 Å². The van der Waals surface area contributed by atoms with Crippen LogP contribution >= 0.6 is 0 Å². The molecule has 1 atom stereocenters. The summed E-state index contributed by atoms with van der Waals surface area (Å²) in [6.07, 6.45) is 7.06. The van der Waals surface area contributed by atoms with Crippen LogP contribution in [-0.4, -0.2) is 49.3 Å². The molecule has 1 aromatic carbocycles. The highest BCUT2D eigenvalue weighted by molar-refractivity contribution is 7.92. The number of ether oxygens (including phenoxy) is 1. The van der Waals surface area contributed by atoms with Crippen LogP contribution in [0.25, 0.3) is 0 Å². The maximum Gasteiger partial charge on any atom is 0.243 e. The fourth-order valence-electron chi connectivity index (χ4n) is 2.70. The van der Waals surface area contributed by atoms with Crippen LogP contribution in [0.5, 0.6) is 5.75 Å². The number of anilines is 1. The molecule has 1 aromatic heterocycles. The smallest absolute Gasteiger partial charge is 0.243 e. The van der Waals surface area contributed by atoms with E-state index in [2.05, 4.69) is 10.3 Å². The SMILES string of the molecule is CCOc1ccc(N([C@H](C)C(=O)NCCCn2ccnc2)S(C)(=O)=O)cc1. The zero-order valence-electron chi connectivity index (χ0n) is 15.8. The molecule has 2 rings (SSSR count). The molecule has 0 spiro atoms. The van der Waals surface area contributed by atoms with E-state index in [0.717, 1.165) is 23.5 Å². The maximum atomic E-state index is 12.5. The number of hydrogen-bond acceptors (Lipinski definition) is 5. The Morgan fingerprint density at radius 3 is 2.59 bits per heavy atom. The number of sulfonamides is 1. The Morgan fingerprint density at radius 1 is 1.33 bits per heavy atom. The van der Waals surface area contributed by atoms with Crippen molar-refractivity contribution in [1.29, 1.82) is 0 Å². The first-order valence-corrected chi connectivity index (χ1v) is 10.6. The molecular formula is C18H26N4O4S. The van der Waals surface area contributed by atoms with Crippen LogP contribution in [0.4, 0.5) is 5.69 Å². The van der Waals surface area contributed by atoms with Gasteiger partial charge in [0.05, 0.1) is 24.9 Å². The zero-order valence-corrected chi connectivity index (χ0v) is 16.6. The Hall–Kier alpha value is -2.55. The summed E-state index contributed by atoms with van der Waals surface area (Å²) >= 11 is 0. The number of carbonyl (C=O) groups excluding carboxylic acids is 1. The second-order valence-electron chi connectivity index (χ2n) is 6.11. The molecule has 0 aliphatic heterocycles. The summed E-state index contributed by atoms with van der Waals surface area (Å²) in [4.78, 5) is 16.4. The Kier molecular flexibility index (Phi) is 7.23. The molecule has 1 N–H and O–H groups in total. The lowest BCUT2D eigenvalue weighted by Crippen LogP contribution is -2.48. The molecule has 1 heterocycles. The molecule has 2 aromatic rings. The molecular weight excluding hydrogens is 368 g/mol. The van der Waals surface area contributed by atoms with Crippen LogP contribution in [0.1, 0.15) is 20.3 Å². The third-order valence-corrected chi connectivity index (χ3v) is 5.18. The summed E-state index contributed by atoms with van der Waals surface area (Å²) in [5.41, 5.74) is 0.419. The van der Waals surface area contributed by atoms with Crippen LogP contribution in [0.3, 0.4) is 0 Å². The number of carbonyl (C=O) groups is 1. The number of amides is 1. The van der Waals surface area contributed by atoms with Gasteiger partial charge in [-0.05, 0) is 44.5 Å². The lowest BCUT2D eigenvalue weighted by Gasteiger charge is -2.28. The molecule has 148 valence electrons. The number of nitrogens with zero attached hydrogens (tertiary/aromatic N) is 3. The maximum absolute atomic E-state index is 12.5. The first kappa shape index (κ1) is 20.8. The second kappa shape index (κ2) is 9.40. The molecule has 0 fully saturated rings.